The van der Waals surface area contributed by atoms with Gasteiger partial charge in [0, 0.05) is 36.5 Å². The molecule has 0 aliphatic heterocycles. The molecule has 0 saturated heterocycles. The molecule has 29 heavy (non-hydrogen) atoms. The third-order valence-electron chi connectivity index (χ3n) is 4.96. The Kier molecular flexibility index (Phi) is 2.93. The Morgan fingerprint density at radius 2 is 1.45 bits per heavy atom. The van der Waals surface area contributed by atoms with Crippen LogP contribution >= 0.6 is 0 Å². The van der Waals surface area contributed by atoms with E-state index >= 15 is 0 Å². The Morgan fingerprint density at radius 1 is 0.724 bits per heavy atom. The zero-order chi connectivity index (χ0) is 24.8. The van der Waals surface area contributed by atoms with Crippen LogP contribution in [0.4, 0.5) is 0 Å². The third-order valence-corrected chi connectivity index (χ3v) is 4.96. The van der Waals surface area contributed by atoms with Gasteiger partial charge in [0.15, 0.2) is 0 Å². The molecule has 140 valence electrons. The van der Waals surface area contributed by atoms with Gasteiger partial charge in [-0.15, -0.1) is 0 Å². The average molecular weight is 382 g/mol. The Labute approximate surface area is 178 Å². The molecule has 2 heteroatoms. The fourth-order valence-electron chi connectivity index (χ4n) is 3.49. The predicted molar refractivity (Wildman–Crippen MR) is 120 cm³/mol. The smallest absolute Gasteiger partial charge is 0.142 e. The number of pyridine rings is 1. The fourth-order valence-corrected chi connectivity index (χ4v) is 3.49. The molecule has 5 aromatic rings. The summed E-state index contributed by atoms with van der Waals surface area (Å²) in [5.74, 6) is 0.712. The van der Waals surface area contributed by atoms with E-state index in [2.05, 4.69) is 4.98 Å². The van der Waals surface area contributed by atoms with Crippen LogP contribution in [0.25, 0.3) is 44.7 Å². The summed E-state index contributed by atoms with van der Waals surface area (Å²) in [6.07, 6.45) is 1.15. The Balaban J connectivity index is 1.75. The summed E-state index contributed by atoms with van der Waals surface area (Å²) in [6.45, 7) is -5.17. The maximum Gasteiger partial charge on any atom is 0.142 e. The quantitative estimate of drug-likeness (QED) is 0.324. The maximum absolute atomic E-state index is 7.90. The van der Waals surface area contributed by atoms with Gasteiger partial charge in [-0.25, -0.2) is 0 Å². The molecular weight excluding hydrogens is 354 g/mol. The number of aromatic nitrogens is 1. The second-order valence-corrected chi connectivity index (χ2v) is 6.90. The molecule has 5 rings (SSSR count). The van der Waals surface area contributed by atoms with E-state index in [-0.39, 0.29) is 11.1 Å². The highest BCUT2D eigenvalue weighted by Crippen LogP contribution is 2.38. The van der Waals surface area contributed by atoms with Crippen LogP contribution < -0.4 is 0 Å². The van der Waals surface area contributed by atoms with Crippen molar-refractivity contribution in [2.75, 3.05) is 0 Å². The highest BCUT2D eigenvalue weighted by atomic mass is 16.3. The van der Waals surface area contributed by atoms with Crippen LogP contribution in [0.2, 0.25) is 0 Å². The molecule has 0 aliphatic carbocycles. The number of aryl methyl sites for hydroxylation is 2. The molecule has 3 aromatic carbocycles. The second-order valence-electron chi connectivity index (χ2n) is 6.90. The molecular formula is C27H21NO. The Hall–Kier alpha value is -3.65. The van der Waals surface area contributed by atoms with Gasteiger partial charge in [0.2, 0.25) is 0 Å². The molecule has 0 bridgehead atoms. The van der Waals surface area contributed by atoms with Crippen molar-refractivity contribution in [3.8, 4) is 33.7 Å². The van der Waals surface area contributed by atoms with Gasteiger partial charge < -0.3 is 4.42 Å². The Morgan fingerprint density at radius 3 is 2.17 bits per heavy atom. The van der Waals surface area contributed by atoms with Crippen molar-refractivity contribution >= 4 is 11.0 Å². The molecule has 0 amide bonds. The van der Waals surface area contributed by atoms with Gasteiger partial charge in [-0.2, -0.15) is 0 Å². The lowest BCUT2D eigenvalue weighted by Gasteiger charge is -2.09. The summed E-state index contributed by atoms with van der Waals surface area (Å²) in [5.41, 5.74) is 3.97. The number of hydrogen-bond acceptors (Lipinski definition) is 2. The number of benzene rings is 3. The van der Waals surface area contributed by atoms with E-state index in [4.69, 9.17) is 12.6 Å². The molecule has 0 aliphatic rings. The summed E-state index contributed by atoms with van der Waals surface area (Å²) in [5, 5.41) is 0.831. The minimum Gasteiger partial charge on any atom is -0.455 e. The predicted octanol–water partition coefficient (Wildman–Crippen LogP) is 7.45. The van der Waals surface area contributed by atoms with Crippen LogP contribution in [0.15, 0.2) is 95.5 Å². The SMILES string of the molecule is [2H]C([2H])([2H])c1cnc(-c2cc(-c3ccccc3)c3oc(-c4ccccc4)cc3c2)cc1C([2H])([2H])[2H]. The van der Waals surface area contributed by atoms with E-state index in [9.17, 15) is 0 Å². The minimum absolute atomic E-state index is 0.221. The molecule has 0 unspecified atom stereocenters. The van der Waals surface area contributed by atoms with E-state index in [0.717, 1.165) is 28.3 Å². The van der Waals surface area contributed by atoms with Crippen molar-refractivity contribution in [1.29, 1.82) is 0 Å². The molecule has 2 heterocycles. The number of nitrogens with zero attached hydrogens (tertiary/aromatic N) is 1. The summed E-state index contributed by atoms with van der Waals surface area (Å²) in [6, 6.07) is 26.6. The highest BCUT2D eigenvalue weighted by molar-refractivity contribution is 5.98. The number of furan rings is 1. The molecule has 0 N–H and O–H groups in total. The summed E-state index contributed by atoms with van der Waals surface area (Å²) >= 11 is 0. The van der Waals surface area contributed by atoms with Crippen molar-refractivity contribution in [2.24, 2.45) is 0 Å². The standard InChI is InChI=1S/C27H21NO/c1-18-13-25(28-17-19(18)2)22-14-23-16-26(21-11-7-4-8-12-21)29-27(23)24(15-22)20-9-5-3-6-10-20/h3-17H,1-2H3/i1D3,2D3. The number of rotatable bonds is 3. The summed E-state index contributed by atoms with van der Waals surface area (Å²) in [4.78, 5) is 4.36. The first-order valence-electron chi connectivity index (χ1n) is 12.3. The monoisotopic (exact) mass is 381 g/mol. The maximum atomic E-state index is 7.90. The minimum atomic E-state index is -2.59. The number of fused-ring (bicyclic) bond motifs is 1. The lowest BCUT2D eigenvalue weighted by atomic mass is 9.98. The lowest BCUT2D eigenvalue weighted by Crippen LogP contribution is -1.89. The van der Waals surface area contributed by atoms with Crippen molar-refractivity contribution in [1.82, 2.24) is 4.98 Å². The van der Waals surface area contributed by atoms with Gasteiger partial charge in [-0.1, -0.05) is 60.7 Å². The van der Waals surface area contributed by atoms with Crippen LogP contribution in [-0.4, -0.2) is 4.98 Å². The first-order chi connectivity index (χ1) is 16.6. The largest absolute Gasteiger partial charge is 0.455 e. The Bertz CT molecular complexity index is 1500. The molecule has 0 saturated carbocycles. The molecule has 0 radical (unpaired) electrons. The van der Waals surface area contributed by atoms with E-state index in [0.29, 0.717) is 22.6 Å². The van der Waals surface area contributed by atoms with E-state index in [1.807, 2.05) is 78.9 Å². The normalized spacial score (nSPS) is 15.0. The van der Waals surface area contributed by atoms with Gasteiger partial charge in [-0.3, -0.25) is 4.98 Å². The summed E-state index contributed by atoms with van der Waals surface area (Å²) < 4.78 is 53.2. The first-order valence-corrected chi connectivity index (χ1v) is 9.31. The van der Waals surface area contributed by atoms with Crippen molar-refractivity contribution in [2.45, 2.75) is 13.7 Å². The molecule has 2 aromatic heterocycles. The zero-order valence-electron chi connectivity index (χ0n) is 21.5. The zero-order valence-corrected chi connectivity index (χ0v) is 15.5. The van der Waals surface area contributed by atoms with Crippen LogP contribution in [0.1, 0.15) is 19.4 Å². The van der Waals surface area contributed by atoms with Crippen LogP contribution in [0.3, 0.4) is 0 Å². The van der Waals surface area contributed by atoms with Gasteiger partial charge in [0.05, 0.1) is 5.69 Å². The van der Waals surface area contributed by atoms with E-state index < -0.39 is 13.7 Å². The average Bonchev–Trinajstić information content (AvgIpc) is 3.27. The fraction of sp³-hybridized carbons (Fsp3) is 0.0741. The molecule has 0 fully saturated rings. The molecule has 0 spiro atoms. The van der Waals surface area contributed by atoms with Crippen LogP contribution in [-0.2, 0) is 0 Å². The second kappa shape index (κ2) is 7.06. The third kappa shape index (κ3) is 3.23. The summed E-state index contributed by atoms with van der Waals surface area (Å²) in [7, 11) is 0. The van der Waals surface area contributed by atoms with Gasteiger partial charge in [0.25, 0.3) is 0 Å². The first kappa shape index (κ1) is 12.0. The van der Waals surface area contributed by atoms with Crippen LogP contribution in [0.5, 0.6) is 0 Å². The van der Waals surface area contributed by atoms with E-state index in [1.165, 1.54) is 6.07 Å². The number of hydrogen-bond donors (Lipinski definition) is 0. The van der Waals surface area contributed by atoms with Crippen LogP contribution in [0, 0.1) is 13.7 Å². The molecule has 0 atom stereocenters. The lowest BCUT2D eigenvalue weighted by molar-refractivity contribution is 0.632. The highest BCUT2D eigenvalue weighted by Gasteiger charge is 2.15. The van der Waals surface area contributed by atoms with Crippen molar-refractivity contribution in [3.05, 3.63) is 102 Å². The topological polar surface area (TPSA) is 26.0 Å². The van der Waals surface area contributed by atoms with Gasteiger partial charge in [-0.05, 0) is 54.7 Å². The van der Waals surface area contributed by atoms with Crippen molar-refractivity contribution in [3.63, 3.8) is 0 Å². The molecule has 2 nitrogen and oxygen atoms in total. The van der Waals surface area contributed by atoms with Gasteiger partial charge in [0.1, 0.15) is 11.3 Å². The van der Waals surface area contributed by atoms with Gasteiger partial charge >= 0.3 is 0 Å². The van der Waals surface area contributed by atoms with Crippen molar-refractivity contribution < 1.29 is 12.6 Å². The van der Waals surface area contributed by atoms with E-state index in [1.54, 1.807) is 0 Å².